The number of anilines is 1. The maximum Gasteiger partial charge on any atom is 0.348 e. The molecule has 1 aromatic carbocycles. The first kappa shape index (κ1) is 21.6. The molecule has 0 aliphatic heterocycles. The molecule has 2 rings (SSSR count). The van der Waals surface area contributed by atoms with Gasteiger partial charge in [0.25, 0.3) is 5.91 Å². The summed E-state index contributed by atoms with van der Waals surface area (Å²) in [7, 11) is -2.44. The Labute approximate surface area is 166 Å². The molecule has 0 spiro atoms. The lowest BCUT2D eigenvalue weighted by Crippen LogP contribution is -2.20. The van der Waals surface area contributed by atoms with Crippen molar-refractivity contribution in [2.75, 3.05) is 18.2 Å². The van der Waals surface area contributed by atoms with Crippen molar-refractivity contribution < 1.29 is 27.5 Å². The van der Waals surface area contributed by atoms with Crippen LogP contribution in [0.15, 0.2) is 29.2 Å². The number of esters is 1. The van der Waals surface area contributed by atoms with E-state index in [0.717, 1.165) is 16.9 Å². The second-order valence-electron chi connectivity index (χ2n) is 6.05. The number of primary amides is 1. The van der Waals surface area contributed by atoms with Crippen LogP contribution >= 0.6 is 11.3 Å². The van der Waals surface area contributed by atoms with Gasteiger partial charge in [-0.3, -0.25) is 9.59 Å². The first-order valence-electron chi connectivity index (χ1n) is 8.17. The molecule has 28 heavy (non-hydrogen) atoms. The Hall–Kier alpha value is -2.72. The number of thiophene rings is 1. The van der Waals surface area contributed by atoms with E-state index >= 15 is 0 Å². The van der Waals surface area contributed by atoms with Crippen LogP contribution in [-0.4, -0.2) is 39.1 Å². The Balaban J connectivity index is 2.16. The minimum atomic E-state index is -3.63. The third-order valence-electron chi connectivity index (χ3n) is 3.99. The van der Waals surface area contributed by atoms with Gasteiger partial charge >= 0.3 is 5.97 Å². The molecule has 0 aliphatic rings. The topological polar surface area (TPSA) is 133 Å². The van der Waals surface area contributed by atoms with Gasteiger partial charge in [-0.25, -0.2) is 13.2 Å². The molecule has 0 atom stereocenters. The lowest BCUT2D eigenvalue weighted by Gasteiger charge is -2.07. The number of aryl methyl sites for hydroxylation is 1. The fourth-order valence-electron chi connectivity index (χ4n) is 2.47. The van der Waals surface area contributed by atoms with E-state index in [1.165, 1.54) is 26.2 Å². The lowest BCUT2D eigenvalue weighted by molar-refractivity contribution is -0.115. The van der Waals surface area contributed by atoms with Gasteiger partial charge in [0.15, 0.2) is 9.84 Å². The quantitative estimate of drug-likeness (QED) is 0.654. The van der Waals surface area contributed by atoms with Crippen LogP contribution in [0.25, 0.3) is 0 Å². The predicted octanol–water partition coefficient (Wildman–Crippen LogP) is 2.05. The summed E-state index contributed by atoms with van der Waals surface area (Å²) < 4.78 is 29.3. The van der Waals surface area contributed by atoms with E-state index in [1.54, 1.807) is 12.1 Å². The van der Waals surface area contributed by atoms with Crippen LogP contribution in [0.4, 0.5) is 5.00 Å². The average Bonchev–Trinajstić information content (AvgIpc) is 2.96. The van der Waals surface area contributed by atoms with Crippen molar-refractivity contribution in [3.63, 3.8) is 0 Å². The molecule has 0 saturated heterocycles. The third kappa shape index (κ3) is 4.76. The number of methoxy groups -OCH3 is 1. The van der Waals surface area contributed by atoms with Gasteiger partial charge in [0.05, 0.1) is 23.3 Å². The lowest BCUT2D eigenvalue weighted by atomic mass is 10.1. The molecule has 10 heteroatoms. The predicted molar refractivity (Wildman–Crippen MR) is 105 cm³/mol. The molecule has 0 fully saturated rings. The smallest absolute Gasteiger partial charge is 0.348 e. The number of sulfone groups is 1. The van der Waals surface area contributed by atoms with Crippen LogP contribution in [0.2, 0.25) is 0 Å². The zero-order valence-corrected chi connectivity index (χ0v) is 17.2. The number of nitrogens with two attached hydrogens (primary N) is 1. The summed E-state index contributed by atoms with van der Waals surface area (Å²) >= 11 is 0.850. The van der Waals surface area contributed by atoms with Crippen LogP contribution in [0, 0.1) is 13.8 Å². The molecule has 150 valence electrons. The molecule has 1 aromatic heterocycles. The van der Waals surface area contributed by atoms with Gasteiger partial charge in [-0.2, -0.15) is 0 Å². The Morgan fingerprint density at radius 2 is 1.75 bits per heavy atom. The summed E-state index contributed by atoms with van der Waals surface area (Å²) in [5, 5.41) is 2.56. The Morgan fingerprint density at radius 1 is 1.14 bits per heavy atom. The normalized spacial score (nSPS) is 11.1. The molecule has 1 heterocycles. The van der Waals surface area contributed by atoms with Crippen molar-refractivity contribution in [2.24, 2.45) is 5.73 Å². The fraction of sp³-hybridized carbons (Fsp3) is 0.278. The summed E-state index contributed by atoms with van der Waals surface area (Å²) in [5.74, 6) is -2.49. The molecule has 0 bridgehead atoms. The maximum absolute atomic E-state index is 12.3. The van der Waals surface area contributed by atoms with Crippen LogP contribution < -0.4 is 11.1 Å². The highest BCUT2D eigenvalue weighted by Gasteiger charge is 2.25. The molecular weight excluding hydrogens is 404 g/mol. The van der Waals surface area contributed by atoms with Crippen molar-refractivity contribution in [2.45, 2.75) is 25.2 Å². The highest BCUT2D eigenvalue weighted by Crippen LogP contribution is 2.33. The van der Waals surface area contributed by atoms with Gasteiger partial charge in [0, 0.05) is 6.42 Å². The summed E-state index contributed by atoms with van der Waals surface area (Å²) in [6.45, 7) is 3.35. The number of ether oxygens (including phenoxy) is 1. The van der Waals surface area contributed by atoms with Crippen molar-refractivity contribution in [3.8, 4) is 0 Å². The average molecular weight is 425 g/mol. The van der Waals surface area contributed by atoms with Gasteiger partial charge in [-0.15, -0.1) is 11.3 Å². The molecular formula is C18H20N2O6S2. The molecule has 3 N–H and O–H groups in total. The minimum Gasteiger partial charge on any atom is -0.465 e. The number of hydrogen-bond acceptors (Lipinski definition) is 7. The Kier molecular flexibility index (Phi) is 6.57. The largest absolute Gasteiger partial charge is 0.465 e. The van der Waals surface area contributed by atoms with Gasteiger partial charge in [-0.1, -0.05) is 17.7 Å². The Morgan fingerprint density at radius 3 is 2.29 bits per heavy atom. The van der Waals surface area contributed by atoms with E-state index in [9.17, 15) is 22.8 Å². The zero-order valence-electron chi connectivity index (χ0n) is 15.6. The summed E-state index contributed by atoms with van der Waals surface area (Å²) in [6, 6.07) is 6.32. The molecule has 0 unspecified atom stereocenters. The van der Waals surface area contributed by atoms with Gasteiger partial charge in [0.1, 0.15) is 9.88 Å². The van der Waals surface area contributed by atoms with E-state index in [-0.39, 0.29) is 26.8 Å². The molecule has 0 radical (unpaired) electrons. The number of nitrogens with one attached hydrogen (secondary N) is 1. The first-order chi connectivity index (χ1) is 13.1. The number of hydrogen-bond donors (Lipinski definition) is 2. The van der Waals surface area contributed by atoms with E-state index < -0.39 is 33.4 Å². The maximum atomic E-state index is 12.3. The van der Waals surface area contributed by atoms with Gasteiger partial charge < -0.3 is 15.8 Å². The highest BCUT2D eigenvalue weighted by atomic mass is 32.2. The van der Waals surface area contributed by atoms with Crippen molar-refractivity contribution in [3.05, 3.63) is 45.8 Å². The van der Waals surface area contributed by atoms with E-state index in [0.29, 0.717) is 5.56 Å². The second-order valence-corrected chi connectivity index (χ2v) is 9.18. The molecule has 0 saturated carbocycles. The third-order valence-corrected chi connectivity index (χ3v) is 6.91. The van der Waals surface area contributed by atoms with Crippen LogP contribution in [-0.2, 0) is 19.4 Å². The molecule has 2 aromatic rings. The molecule has 2 amide bonds. The number of amides is 2. The summed E-state index contributed by atoms with van der Waals surface area (Å²) in [5.41, 5.74) is 6.57. The first-order valence-corrected chi connectivity index (χ1v) is 10.6. The van der Waals surface area contributed by atoms with Crippen molar-refractivity contribution in [1.29, 1.82) is 0 Å². The number of carbonyl (C=O) groups is 3. The SMILES string of the molecule is COC(=O)c1sc(NC(=O)CCS(=O)(=O)c2ccc(C)cc2)c(C(N)=O)c1C. The summed E-state index contributed by atoms with van der Waals surface area (Å²) in [6.07, 6.45) is -0.321. The van der Waals surface area contributed by atoms with Crippen LogP contribution in [0.5, 0.6) is 0 Å². The van der Waals surface area contributed by atoms with E-state index in [1.807, 2.05) is 6.92 Å². The zero-order chi connectivity index (χ0) is 21.1. The second kappa shape index (κ2) is 8.53. The number of rotatable bonds is 7. The molecule has 0 aliphatic carbocycles. The van der Waals surface area contributed by atoms with E-state index in [4.69, 9.17) is 5.73 Å². The number of carbonyl (C=O) groups excluding carboxylic acids is 3. The van der Waals surface area contributed by atoms with Crippen molar-refractivity contribution >= 4 is 44.0 Å². The van der Waals surface area contributed by atoms with E-state index in [2.05, 4.69) is 10.1 Å². The standard InChI is InChI=1S/C18H20N2O6S2/c1-10-4-6-12(7-5-10)28(24,25)9-8-13(21)20-17-14(16(19)22)11(2)15(27-17)18(23)26-3/h4-7H,8-9H2,1-3H3,(H2,19,22)(H,20,21). The fourth-order valence-corrected chi connectivity index (χ4v) is 4.85. The minimum absolute atomic E-state index is 0.000131. The monoisotopic (exact) mass is 424 g/mol. The van der Waals surface area contributed by atoms with Crippen LogP contribution in [0.3, 0.4) is 0 Å². The Bertz CT molecular complexity index is 1020. The summed E-state index contributed by atoms with van der Waals surface area (Å²) in [4.78, 5) is 36.0. The van der Waals surface area contributed by atoms with Gasteiger partial charge in [0.2, 0.25) is 5.91 Å². The highest BCUT2D eigenvalue weighted by molar-refractivity contribution is 7.91. The van der Waals surface area contributed by atoms with Crippen molar-refractivity contribution in [1.82, 2.24) is 0 Å². The molecule has 8 nitrogen and oxygen atoms in total. The van der Waals surface area contributed by atoms with Gasteiger partial charge in [-0.05, 0) is 31.5 Å². The van der Waals surface area contributed by atoms with Crippen LogP contribution in [0.1, 0.15) is 37.6 Å². The number of benzene rings is 1.